The van der Waals surface area contributed by atoms with Crippen molar-refractivity contribution in [2.75, 3.05) is 26.2 Å². The molecule has 1 heterocycles. The molecule has 0 aromatic rings. The molecule has 0 radical (unpaired) electrons. The molecule has 1 aliphatic heterocycles. The Labute approximate surface area is 106 Å². The van der Waals surface area contributed by atoms with Gasteiger partial charge >= 0.3 is 0 Å². The lowest BCUT2D eigenvalue weighted by atomic mass is 9.97. The zero-order valence-electron chi connectivity index (χ0n) is 11.8. The van der Waals surface area contributed by atoms with E-state index in [1.807, 2.05) is 0 Å². The molecular formula is C14H26N2O. The lowest BCUT2D eigenvalue weighted by molar-refractivity contribution is -0.186. The number of morpholine rings is 1. The third kappa shape index (κ3) is 4.67. The molecule has 1 unspecified atom stereocenters. The Morgan fingerprint density at radius 3 is 2.29 bits per heavy atom. The number of terminal acetylenes is 1. The van der Waals surface area contributed by atoms with Crippen molar-refractivity contribution in [3.05, 3.63) is 0 Å². The molecule has 3 nitrogen and oxygen atoms in total. The second-order valence-electron chi connectivity index (χ2n) is 6.21. The summed E-state index contributed by atoms with van der Waals surface area (Å²) in [5, 5.41) is 3.27. The quantitative estimate of drug-likeness (QED) is 0.593. The molecule has 1 atom stereocenters. The largest absolute Gasteiger partial charge is 0.367 e. The second kappa shape index (κ2) is 5.39. The zero-order valence-corrected chi connectivity index (χ0v) is 11.8. The first kappa shape index (κ1) is 14.5. The first-order chi connectivity index (χ1) is 7.76. The Morgan fingerprint density at radius 2 is 1.82 bits per heavy atom. The van der Waals surface area contributed by atoms with E-state index in [1.165, 1.54) is 0 Å². The van der Waals surface area contributed by atoms with Gasteiger partial charge < -0.3 is 10.1 Å². The minimum Gasteiger partial charge on any atom is -0.367 e. The summed E-state index contributed by atoms with van der Waals surface area (Å²) in [5.74, 6) is 2.60. The second-order valence-corrected chi connectivity index (χ2v) is 6.21. The van der Waals surface area contributed by atoms with Crippen LogP contribution in [0.15, 0.2) is 0 Å². The van der Waals surface area contributed by atoms with Crippen LogP contribution in [0.2, 0.25) is 0 Å². The molecule has 3 heteroatoms. The Bertz CT molecular complexity index is 275. The topological polar surface area (TPSA) is 24.5 Å². The Hall–Kier alpha value is -0.560. The van der Waals surface area contributed by atoms with Crippen LogP contribution in [0.25, 0.3) is 0 Å². The number of hydrogen-bond acceptors (Lipinski definition) is 3. The molecule has 1 fully saturated rings. The monoisotopic (exact) mass is 238 g/mol. The molecule has 0 bridgehead atoms. The van der Waals surface area contributed by atoms with E-state index in [4.69, 9.17) is 11.2 Å². The molecule has 1 aliphatic rings. The van der Waals surface area contributed by atoms with Crippen molar-refractivity contribution in [2.45, 2.75) is 51.9 Å². The van der Waals surface area contributed by atoms with Gasteiger partial charge in [-0.25, -0.2) is 0 Å². The predicted molar refractivity (Wildman–Crippen MR) is 72.0 cm³/mol. The first-order valence-electron chi connectivity index (χ1n) is 6.34. The third-order valence-corrected chi connectivity index (χ3v) is 3.01. The van der Waals surface area contributed by atoms with Crippen molar-refractivity contribution in [3.63, 3.8) is 0 Å². The van der Waals surface area contributed by atoms with Gasteiger partial charge in [0.2, 0.25) is 0 Å². The van der Waals surface area contributed by atoms with Gasteiger partial charge in [0.25, 0.3) is 0 Å². The van der Waals surface area contributed by atoms with Crippen molar-refractivity contribution >= 4 is 0 Å². The summed E-state index contributed by atoms with van der Waals surface area (Å²) in [6, 6.07) is 0.478. The first-order valence-corrected chi connectivity index (χ1v) is 6.34. The van der Waals surface area contributed by atoms with Crippen LogP contribution in [0.4, 0.5) is 0 Å². The standard InChI is InChI=1S/C14H26N2O/c1-7-8-15-9-12(2)16-10-13(3,4)17-14(5,6)11-16/h1,12,15H,8-11H2,2-6H3. The van der Waals surface area contributed by atoms with Crippen molar-refractivity contribution in [2.24, 2.45) is 0 Å². The molecule has 0 aromatic carbocycles. The van der Waals surface area contributed by atoms with Crippen molar-refractivity contribution in [3.8, 4) is 12.3 Å². The average molecular weight is 238 g/mol. The Morgan fingerprint density at radius 1 is 1.29 bits per heavy atom. The van der Waals surface area contributed by atoms with E-state index in [-0.39, 0.29) is 11.2 Å². The fourth-order valence-electron chi connectivity index (χ4n) is 2.64. The van der Waals surface area contributed by atoms with Gasteiger partial charge in [-0.05, 0) is 34.6 Å². The maximum Gasteiger partial charge on any atom is 0.0760 e. The molecule has 0 saturated carbocycles. The highest BCUT2D eigenvalue weighted by molar-refractivity contribution is 4.92. The van der Waals surface area contributed by atoms with Crippen molar-refractivity contribution in [1.82, 2.24) is 10.2 Å². The SMILES string of the molecule is C#CCNCC(C)N1CC(C)(C)OC(C)(C)C1. The zero-order chi connectivity index (χ0) is 13.1. The molecule has 0 aliphatic carbocycles. The summed E-state index contributed by atoms with van der Waals surface area (Å²) in [6.45, 7) is 14.4. The summed E-state index contributed by atoms with van der Waals surface area (Å²) < 4.78 is 6.07. The van der Waals surface area contributed by atoms with Gasteiger partial charge in [-0.2, -0.15) is 0 Å². The van der Waals surface area contributed by atoms with Crippen LogP contribution >= 0.6 is 0 Å². The van der Waals surface area contributed by atoms with Gasteiger partial charge in [0.15, 0.2) is 0 Å². The number of nitrogens with zero attached hydrogens (tertiary/aromatic N) is 1. The van der Waals surface area contributed by atoms with Gasteiger partial charge in [0, 0.05) is 25.7 Å². The van der Waals surface area contributed by atoms with Gasteiger partial charge in [-0.3, -0.25) is 4.90 Å². The van der Waals surface area contributed by atoms with E-state index in [1.54, 1.807) is 0 Å². The average Bonchev–Trinajstić information content (AvgIpc) is 2.13. The van der Waals surface area contributed by atoms with E-state index in [2.05, 4.69) is 50.8 Å². The maximum atomic E-state index is 6.07. The minimum absolute atomic E-state index is 0.0812. The lowest BCUT2D eigenvalue weighted by Gasteiger charge is -2.49. The number of rotatable bonds is 4. The molecule has 17 heavy (non-hydrogen) atoms. The predicted octanol–water partition coefficient (Wildman–Crippen LogP) is 1.49. The van der Waals surface area contributed by atoms with Crippen molar-refractivity contribution < 1.29 is 4.74 Å². The van der Waals surface area contributed by atoms with Crippen LogP contribution in [0.3, 0.4) is 0 Å². The van der Waals surface area contributed by atoms with Gasteiger partial charge in [-0.15, -0.1) is 6.42 Å². The van der Waals surface area contributed by atoms with Gasteiger partial charge in [-0.1, -0.05) is 5.92 Å². The maximum absolute atomic E-state index is 6.07. The molecule has 1 saturated heterocycles. The highest BCUT2D eigenvalue weighted by Gasteiger charge is 2.39. The van der Waals surface area contributed by atoms with Crippen LogP contribution in [-0.2, 0) is 4.74 Å². The molecule has 98 valence electrons. The molecule has 0 aromatic heterocycles. The van der Waals surface area contributed by atoms with Crippen LogP contribution in [0.5, 0.6) is 0 Å². The normalized spacial score (nSPS) is 25.2. The fraction of sp³-hybridized carbons (Fsp3) is 0.857. The van der Waals surface area contributed by atoms with Crippen molar-refractivity contribution in [1.29, 1.82) is 0 Å². The lowest BCUT2D eigenvalue weighted by Crippen LogP contribution is -2.60. The van der Waals surface area contributed by atoms with Crippen LogP contribution in [0, 0.1) is 12.3 Å². The van der Waals surface area contributed by atoms with E-state index >= 15 is 0 Å². The summed E-state index contributed by atoms with van der Waals surface area (Å²) in [6.07, 6.45) is 5.23. The van der Waals surface area contributed by atoms with E-state index in [9.17, 15) is 0 Å². The smallest absolute Gasteiger partial charge is 0.0760 e. The molecule has 1 N–H and O–H groups in total. The van der Waals surface area contributed by atoms with E-state index < -0.39 is 0 Å². The summed E-state index contributed by atoms with van der Waals surface area (Å²) in [5.41, 5.74) is -0.162. The summed E-state index contributed by atoms with van der Waals surface area (Å²) in [7, 11) is 0. The van der Waals surface area contributed by atoms with Gasteiger partial charge in [0.1, 0.15) is 0 Å². The Balaban J connectivity index is 2.55. The Kier molecular flexibility index (Phi) is 4.60. The summed E-state index contributed by atoms with van der Waals surface area (Å²) in [4.78, 5) is 2.48. The van der Waals surface area contributed by atoms with E-state index in [0.29, 0.717) is 12.6 Å². The fourth-order valence-corrected chi connectivity index (χ4v) is 2.64. The number of nitrogens with one attached hydrogen (secondary N) is 1. The minimum atomic E-state index is -0.0812. The van der Waals surface area contributed by atoms with Crippen LogP contribution in [0.1, 0.15) is 34.6 Å². The molecule has 0 spiro atoms. The number of hydrogen-bond donors (Lipinski definition) is 1. The highest BCUT2D eigenvalue weighted by atomic mass is 16.5. The molecular weight excluding hydrogens is 212 g/mol. The van der Waals surface area contributed by atoms with E-state index in [0.717, 1.165) is 19.6 Å². The summed E-state index contributed by atoms with van der Waals surface area (Å²) >= 11 is 0. The number of ether oxygens (including phenoxy) is 1. The van der Waals surface area contributed by atoms with Gasteiger partial charge in [0.05, 0.1) is 17.7 Å². The third-order valence-electron chi connectivity index (χ3n) is 3.01. The highest BCUT2D eigenvalue weighted by Crippen LogP contribution is 2.28. The van der Waals surface area contributed by atoms with Crippen LogP contribution in [-0.4, -0.2) is 48.3 Å². The van der Waals surface area contributed by atoms with Crippen LogP contribution < -0.4 is 5.32 Å². The molecule has 1 rings (SSSR count). The molecule has 0 amide bonds.